The van der Waals surface area contributed by atoms with E-state index in [2.05, 4.69) is 5.92 Å². The molecule has 0 unspecified atom stereocenters. The average Bonchev–Trinajstić information content (AvgIpc) is 2.28. The average molecular weight is 224 g/mol. The third-order valence-corrected chi connectivity index (χ3v) is 3.53. The van der Waals surface area contributed by atoms with Crippen molar-refractivity contribution in [2.45, 2.75) is 11.8 Å². The molecule has 0 aliphatic rings. The highest BCUT2D eigenvalue weighted by Gasteiger charge is 2.20. The van der Waals surface area contributed by atoms with Crippen LogP contribution in [0.4, 0.5) is 0 Å². The molecular weight excluding hydrogens is 214 g/mol. The zero-order chi connectivity index (χ0) is 11.5. The second kappa shape index (κ2) is 4.45. The van der Waals surface area contributed by atoms with Gasteiger partial charge in [-0.15, -0.1) is 0 Å². The van der Waals surface area contributed by atoms with Gasteiger partial charge in [-0.1, -0.05) is 10.4 Å². The molecule has 1 aromatic rings. The van der Waals surface area contributed by atoms with E-state index in [9.17, 15) is 8.42 Å². The molecule has 5 heteroatoms. The number of benzene rings is 1. The summed E-state index contributed by atoms with van der Waals surface area (Å²) in [6, 6.07) is 5.54. The number of rotatable bonds is 3. The molecule has 0 fully saturated rings. The Hall–Kier alpha value is -1.35. The first-order chi connectivity index (χ1) is 7.02. The third-order valence-electron chi connectivity index (χ3n) is 1.84. The van der Waals surface area contributed by atoms with Crippen LogP contribution in [0.5, 0.6) is 0 Å². The molecule has 1 radical (unpaired) electrons. The summed E-state index contributed by atoms with van der Waals surface area (Å²) in [7, 11) is -3.81. The zero-order valence-electron chi connectivity index (χ0n) is 8.14. The lowest BCUT2D eigenvalue weighted by Crippen LogP contribution is -2.27. The minimum atomic E-state index is -3.81. The number of sulfonamides is 1. The standard InChI is InChI=1S/C10H10NO3S/c1-3-9-5-7-10(8-6-9)15(13,14)11(12)4-2/h5-8,12H,4H2,2H3. The molecule has 1 aromatic carbocycles. The van der Waals surface area contributed by atoms with Crippen molar-refractivity contribution >= 4 is 10.0 Å². The first-order valence-electron chi connectivity index (χ1n) is 4.26. The van der Waals surface area contributed by atoms with E-state index in [4.69, 9.17) is 11.6 Å². The number of hydrogen-bond acceptors (Lipinski definition) is 3. The maximum atomic E-state index is 11.6. The van der Waals surface area contributed by atoms with Gasteiger partial charge in [-0.3, -0.25) is 5.21 Å². The topological polar surface area (TPSA) is 57.6 Å². The summed E-state index contributed by atoms with van der Waals surface area (Å²) >= 11 is 0. The Labute approximate surface area is 89.2 Å². The molecule has 0 heterocycles. The highest BCUT2D eigenvalue weighted by atomic mass is 32.2. The molecular formula is C10H10NO3S. The van der Waals surface area contributed by atoms with E-state index >= 15 is 0 Å². The molecule has 0 saturated carbocycles. The van der Waals surface area contributed by atoms with Crippen LogP contribution >= 0.6 is 0 Å². The van der Waals surface area contributed by atoms with Crippen molar-refractivity contribution < 1.29 is 13.6 Å². The summed E-state index contributed by atoms with van der Waals surface area (Å²) < 4.78 is 23.4. The zero-order valence-corrected chi connectivity index (χ0v) is 8.95. The maximum absolute atomic E-state index is 11.6. The van der Waals surface area contributed by atoms with Gasteiger partial charge in [0, 0.05) is 12.1 Å². The Balaban J connectivity index is 3.13. The van der Waals surface area contributed by atoms with Crippen LogP contribution < -0.4 is 0 Å². The van der Waals surface area contributed by atoms with E-state index in [-0.39, 0.29) is 15.9 Å². The van der Waals surface area contributed by atoms with Gasteiger partial charge >= 0.3 is 0 Å². The van der Waals surface area contributed by atoms with E-state index in [1.165, 1.54) is 31.2 Å². The molecule has 15 heavy (non-hydrogen) atoms. The van der Waals surface area contributed by atoms with Crippen LogP contribution in [0.25, 0.3) is 0 Å². The minimum Gasteiger partial charge on any atom is -0.299 e. The van der Waals surface area contributed by atoms with E-state index in [0.717, 1.165) is 0 Å². The predicted molar refractivity (Wildman–Crippen MR) is 54.0 cm³/mol. The predicted octanol–water partition coefficient (Wildman–Crippen LogP) is 1.02. The van der Waals surface area contributed by atoms with Crippen molar-refractivity contribution in [2.24, 2.45) is 0 Å². The van der Waals surface area contributed by atoms with Crippen LogP contribution in [0.1, 0.15) is 12.5 Å². The number of hydroxylamine groups is 1. The third kappa shape index (κ3) is 2.36. The van der Waals surface area contributed by atoms with Gasteiger partial charge in [0.15, 0.2) is 0 Å². The van der Waals surface area contributed by atoms with Crippen LogP contribution in [-0.4, -0.2) is 24.6 Å². The summed E-state index contributed by atoms with van der Waals surface area (Å²) in [6.07, 6.45) is 6.83. The van der Waals surface area contributed by atoms with Crippen LogP contribution in [-0.2, 0) is 10.0 Å². The van der Waals surface area contributed by atoms with Crippen molar-refractivity contribution in [3.8, 4) is 5.92 Å². The van der Waals surface area contributed by atoms with Crippen molar-refractivity contribution in [2.75, 3.05) is 6.54 Å². The van der Waals surface area contributed by atoms with Crippen molar-refractivity contribution in [1.82, 2.24) is 4.47 Å². The fraction of sp³-hybridized carbons (Fsp3) is 0.200. The molecule has 0 saturated heterocycles. The molecule has 0 bridgehead atoms. The molecule has 0 spiro atoms. The Bertz CT molecular complexity index is 470. The monoisotopic (exact) mass is 224 g/mol. The van der Waals surface area contributed by atoms with Crippen molar-refractivity contribution in [1.29, 1.82) is 0 Å². The molecule has 0 amide bonds. The summed E-state index contributed by atoms with van der Waals surface area (Å²) in [6.45, 7) is 1.51. The van der Waals surface area contributed by atoms with Gasteiger partial charge in [0.05, 0.1) is 4.90 Å². The molecule has 4 nitrogen and oxygen atoms in total. The number of hydrogen-bond donors (Lipinski definition) is 1. The van der Waals surface area contributed by atoms with E-state index in [1.807, 2.05) is 0 Å². The quantitative estimate of drug-likeness (QED) is 0.616. The highest BCUT2D eigenvalue weighted by molar-refractivity contribution is 7.89. The van der Waals surface area contributed by atoms with Gasteiger partial charge in [-0.2, -0.15) is 0 Å². The maximum Gasteiger partial charge on any atom is 0.264 e. The fourth-order valence-electron chi connectivity index (χ4n) is 1.00. The van der Waals surface area contributed by atoms with Crippen LogP contribution in [0, 0.1) is 12.3 Å². The summed E-state index contributed by atoms with van der Waals surface area (Å²) in [5.41, 5.74) is 0.481. The van der Waals surface area contributed by atoms with Gasteiger partial charge in [-0.05, 0) is 37.6 Å². The lowest BCUT2D eigenvalue weighted by atomic mass is 10.2. The van der Waals surface area contributed by atoms with Gasteiger partial charge in [-0.25, -0.2) is 8.42 Å². The smallest absolute Gasteiger partial charge is 0.264 e. The van der Waals surface area contributed by atoms with Crippen molar-refractivity contribution in [3.63, 3.8) is 0 Å². The second-order valence-corrected chi connectivity index (χ2v) is 4.64. The Morgan fingerprint density at radius 3 is 2.33 bits per heavy atom. The van der Waals surface area contributed by atoms with E-state index in [1.54, 1.807) is 0 Å². The summed E-state index contributed by atoms with van der Waals surface area (Å²) in [5.74, 6) is 2.13. The first-order valence-corrected chi connectivity index (χ1v) is 5.70. The van der Waals surface area contributed by atoms with E-state index in [0.29, 0.717) is 5.56 Å². The Morgan fingerprint density at radius 2 is 1.93 bits per heavy atom. The van der Waals surface area contributed by atoms with Gasteiger partial charge < -0.3 is 0 Å². The van der Waals surface area contributed by atoms with Gasteiger partial charge in [0.1, 0.15) is 0 Å². The van der Waals surface area contributed by atoms with Crippen LogP contribution in [0.2, 0.25) is 0 Å². The number of nitrogens with zero attached hydrogens (tertiary/aromatic N) is 1. The van der Waals surface area contributed by atoms with Crippen LogP contribution in [0.15, 0.2) is 29.2 Å². The highest BCUT2D eigenvalue weighted by Crippen LogP contribution is 2.14. The first kappa shape index (κ1) is 11.7. The van der Waals surface area contributed by atoms with Gasteiger partial charge in [0.2, 0.25) is 0 Å². The summed E-state index contributed by atoms with van der Waals surface area (Å²) in [5, 5.41) is 9.16. The second-order valence-electron chi connectivity index (χ2n) is 2.79. The summed E-state index contributed by atoms with van der Waals surface area (Å²) in [4.78, 5) is -0.00847. The minimum absolute atomic E-state index is 0.00847. The lowest BCUT2D eigenvalue weighted by Gasteiger charge is -2.12. The molecule has 0 aliphatic heterocycles. The molecule has 0 aliphatic carbocycles. The van der Waals surface area contributed by atoms with Gasteiger partial charge in [0.25, 0.3) is 10.0 Å². The fourth-order valence-corrected chi connectivity index (χ4v) is 2.07. The molecule has 79 valence electrons. The molecule has 1 rings (SSSR count). The van der Waals surface area contributed by atoms with Crippen LogP contribution in [0.3, 0.4) is 0 Å². The lowest BCUT2D eigenvalue weighted by molar-refractivity contribution is 0.00857. The molecule has 0 atom stereocenters. The molecule has 0 aromatic heterocycles. The largest absolute Gasteiger partial charge is 0.299 e. The van der Waals surface area contributed by atoms with Crippen molar-refractivity contribution in [3.05, 3.63) is 36.3 Å². The SMILES string of the molecule is [C]#Cc1ccc(S(=O)(=O)N(O)CC)cc1. The molecule has 1 N–H and O–H groups in total. The van der Waals surface area contributed by atoms with E-state index < -0.39 is 10.0 Å². The normalized spacial score (nSPS) is 11.3. The Kier molecular flexibility index (Phi) is 3.48. The Morgan fingerprint density at radius 1 is 1.40 bits per heavy atom.